The Morgan fingerprint density at radius 2 is 2.15 bits per heavy atom. The van der Waals surface area contributed by atoms with Crippen molar-refractivity contribution in [3.8, 4) is 5.75 Å². The minimum atomic E-state index is 0.598. The summed E-state index contributed by atoms with van der Waals surface area (Å²) in [5.41, 5.74) is 2.73. The highest BCUT2D eigenvalue weighted by Gasteiger charge is 2.08. The molecule has 0 N–H and O–H groups in total. The molecule has 0 aliphatic rings. The van der Waals surface area contributed by atoms with Crippen molar-refractivity contribution in [1.82, 2.24) is 4.98 Å². The van der Waals surface area contributed by atoms with Crippen LogP contribution in [0.3, 0.4) is 0 Å². The third-order valence-electron chi connectivity index (χ3n) is 3.12. The molecule has 0 spiro atoms. The maximum atomic E-state index is 10.7. The number of aromatic nitrogens is 1. The van der Waals surface area contributed by atoms with E-state index < -0.39 is 0 Å². The highest BCUT2D eigenvalue weighted by atomic mass is 16.5. The van der Waals surface area contributed by atoms with Crippen molar-refractivity contribution in [1.29, 1.82) is 0 Å². The Morgan fingerprint density at radius 1 is 1.35 bits per heavy atom. The van der Waals surface area contributed by atoms with Gasteiger partial charge < -0.3 is 9.64 Å². The second-order valence-electron chi connectivity index (χ2n) is 4.73. The number of hydrogen-bond acceptors (Lipinski definition) is 4. The van der Waals surface area contributed by atoms with E-state index in [1.807, 2.05) is 44.3 Å². The maximum Gasteiger partial charge on any atom is 0.151 e. The lowest BCUT2D eigenvalue weighted by Crippen LogP contribution is -2.19. The van der Waals surface area contributed by atoms with Gasteiger partial charge in [-0.15, -0.1) is 0 Å². The van der Waals surface area contributed by atoms with E-state index in [0.717, 1.165) is 35.5 Å². The summed E-state index contributed by atoms with van der Waals surface area (Å²) in [6.45, 7) is 2.68. The van der Waals surface area contributed by atoms with Gasteiger partial charge in [-0.2, -0.15) is 0 Å². The molecule has 0 aliphatic heterocycles. The zero-order valence-corrected chi connectivity index (χ0v) is 12.0. The number of methoxy groups -OCH3 is 1. The van der Waals surface area contributed by atoms with Gasteiger partial charge in [0.15, 0.2) is 6.29 Å². The lowest BCUT2D eigenvalue weighted by molar-refractivity contribution is 0.112. The molecule has 2 aromatic rings. The molecule has 0 saturated heterocycles. The van der Waals surface area contributed by atoms with E-state index in [0.29, 0.717) is 5.56 Å². The van der Waals surface area contributed by atoms with E-state index in [1.54, 1.807) is 13.3 Å². The topological polar surface area (TPSA) is 42.4 Å². The molecule has 0 bridgehead atoms. The second kappa shape index (κ2) is 6.19. The van der Waals surface area contributed by atoms with Crippen molar-refractivity contribution in [3.63, 3.8) is 0 Å². The van der Waals surface area contributed by atoms with Gasteiger partial charge in [0, 0.05) is 25.4 Å². The van der Waals surface area contributed by atoms with Crippen LogP contribution in [0.25, 0.3) is 0 Å². The Kier molecular flexibility index (Phi) is 4.35. The summed E-state index contributed by atoms with van der Waals surface area (Å²) in [5, 5.41) is 0. The molecule has 1 heterocycles. The number of anilines is 1. The molecule has 0 saturated carbocycles. The molecule has 104 valence electrons. The van der Waals surface area contributed by atoms with Gasteiger partial charge >= 0.3 is 0 Å². The van der Waals surface area contributed by atoms with E-state index >= 15 is 0 Å². The first kappa shape index (κ1) is 14.1. The predicted octanol–water partition coefficient (Wildman–Crippen LogP) is 2.85. The van der Waals surface area contributed by atoms with Gasteiger partial charge in [-0.1, -0.05) is 12.1 Å². The molecule has 0 amide bonds. The van der Waals surface area contributed by atoms with E-state index in [1.165, 1.54) is 0 Å². The number of pyridine rings is 1. The quantitative estimate of drug-likeness (QED) is 0.783. The fourth-order valence-corrected chi connectivity index (χ4v) is 2.17. The summed E-state index contributed by atoms with van der Waals surface area (Å²) in [7, 11) is 3.64. The first-order chi connectivity index (χ1) is 9.63. The Bertz CT molecular complexity index is 611. The predicted molar refractivity (Wildman–Crippen MR) is 79.5 cm³/mol. The number of hydrogen-bond donors (Lipinski definition) is 0. The van der Waals surface area contributed by atoms with Gasteiger partial charge in [-0.05, 0) is 36.2 Å². The lowest BCUT2D eigenvalue weighted by atomic mass is 10.1. The van der Waals surface area contributed by atoms with Crippen molar-refractivity contribution in [3.05, 3.63) is 53.2 Å². The minimum Gasteiger partial charge on any atom is -0.497 e. The number of nitrogens with zero attached hydrogens (tertiary/aromatic N) is 2. The van der Waals surface area contributed by atoms with Gasteiger partial charge in [0.25, 0.3) is 0 Å². The molecule has 4 nitrogen and oxygen atoms in total. The molecule has 0 radical (unpaired) electrons. The summed E-state index contributed by atoms with van der Waals surface area (Å²) in [4.78, 5) is 17.1. The maximum absolute atomic E-state index is 10.7. The number of benzene rings is 1. The van der Waals surface area contributed by atoms with Gasteiger partial charge in [0.2, 0.25) is 0 Å². The summed E-state index contributed by atoms with van der Waals surface area (Å²) in [6, 6.07) is 9.79. The van der Waals surface area contributed by atoms with Crippen LogP contribution in [-0.4, -0.2) is 25.4 Å². The molecule has 0 atom stereocenters. The number of aryl methyl sites for hydroxylation is 1. The van der Waals surface area contributed by atoms with Crippen LogP contribution in [0.1, 0.15) is 21.5 Å². The molecule has 0 aliphatic carbocycles. The third kappa shape index (κ3) is 3.15. The highest BCUT2D eigenvalue weighted by molar-refractivity contribution is 5.75. The van der Waals surface area contributed by atoms with Crippen molar-refractivity contribution < 1.29 is 9.53 Å². The molecular formula is C16H18N2O2. The second-order valence-corrected chi connectivity index (χ2v) is 4.73. The normalized spacial score (nSPS) is 10.2. The molecule has 2 rings (SSSR count). The van der Waals surface area contributed by atoms with Crippen LogP contribution >= 0.6 is 0 Å². The van der Waals surface area contributed by atoms with Crippen LogP contribution in [0.4, 0.5) is 5.82 Å². The average molecular weight is 270 g/mol. The van der Waals surface area contributed by atoms with Crippen LogP contribution in [0.5, 0.6) is 5.75 Å². The summed E-state index contributed by atoms with van der Waals surface area (Å²) in [6.07, 6.45) is 2.41. The first-order valence-electron chi connectivity index (χ1n) is 6.40. The molecule has 1 aromatic heterocycles. The summed E-state index contributed by atoms with van der Waals surface area (Å²) >= 11 is 0. The molecule has 20 heavy (non-hydrogen) atoms. The first-order valence-corrected chi connectivity index (χ1v) is 6.40. The van der Waals surface area contributed by atoms with Crippen molar-refractivity contribution in [2.75, 3.05) is 19.1 Å². The fraction of sp³-hybridized carbons (Fsp3) is 0.250. The molecule has 0 fully saturated rings. The zero-order chi connectivity index (χ0) is 14.5. The number of aldehydes is 1. The fourth-order valence-electron chi connectivity index (χ4n) is 2.17. The smallest absolute Gasteiger partial charge is 0.151 e. The molecule has 0 unspecified atom stereocenters. The zero-order valence-electron chi connectivity index (χ0n) is 12.0. The molecule has 1 aromatic carbocycles. The van der Waals surface area contributed by atoms with Crippen LogP contribution in [0.15, 0.2) is 36.5 Å². The van der Waals surface area contributed by atoms with Gasteiger partial charge in [0.05, 0.1) is 7.11 Å². The summed E-state index contributed by atoms with van der Waals surface area (Å²) < 4.78 is 5.22. The van der Waals surface area contributed by atoms with Crippen LogP contribution in [0, 0.1) is 6.92 Å². The van der Waals surface area contributed by atoms with Crippen LogP contribution < -0.4 is 9.64 Å². The van der Waals surface area contributed by atoms with Crippen LogP contribution in [0.2, 0.25) is 0 Å². The summed E-state index contributed by atoms with van der Waals surface area (Å²) in [5.74, 6) is 1.72. The Labute approximate surface area is 119 Å². The lowest BCUT2D eigenvalue weighted by Gasteiger charge is -2.20. The Hall–Kier alpha value is -2.36. The van der Waals surface area contributed by atoms with Crippen molar-refractivity contribution in [2.45, 2.75) is 13.5 Å². The van der Waals surface area contributed by atoms with E-state index in [2.05, 4.69) is 9.88 Å². The average Bonchev–Trinajstić information content (AvgIpc) is 2.47. The van der Waals surface area contributed by atoms with E-state index in [-0.39, 0.29) is 0 Å². The number of carbonyl (C=O) groups excluding carboxylic acids is 1. The van der Waals surface area contributed by atoms with Gasteiger partial charge in [-0.3, -0.25) is 4.79 Å². The number of ether oxygens (including phenoxy) is 1. The van der Waals surface area contributed by atoms with E-state index in [4.69, 9.17) is 4.74 Å². The monoisotopic (exact) mass is 270 g/mol. The standard InChI is InChI=1S/C16H18N2O2/c1-12-7-14(11-19)9-17-16(12)18(2)10-13-5-4-6-15(8-13)20-3/h4-9,11H,10H2,1-3H3. The number of rotatable bonds is 5. The third-order valence-corrected chi connectivity index (χ3v) is 3.12. The SMILES string of the molecule is COc1cccc(CN(C)c2ncc(C=O)cc2C)c1. The minimum absolute atomic E-state index is 0.598. The van der Waals surface area contributed by atoms with Crippen molar-refractivity contribution in [2.24, 2.45) is 0 Å². The Morgan fingerprint density at radius 3 is 2.80 bits per heavy atom. The van der Waals surface area contributed by atoms with Gasteiger partial charge in [0.1, 0.15) is 11.6 Å². The van der Waals surface area contributed by atoms with Crippen LogP contribution in [-0.2, 0) is 6.54 Å². The highest BCUT2D eigenvalue weighted by Crippen LogP contribution is 2.20. The number of carbonyl (C=O) groups is 1. The largest absolute Gasteiger partial charge is 0.497 e. The van der Waals surface area contributed by atoms with Gasteiger partial charge in [-0.25, -0.2) is 4.98 Å². The molecule has 4 heteroatoms. The Balaban J connectivity index is 2.18. The van der Waals surface area contributed by atoms with E-state index in [9.17, 15) is 4.79 Å². The van der Waals surface area contributed by atoms with Crippen molar-refractivity contribution >= 4 is 12.1 Å². The molecular weight excluding hydrogens is 252 g/mol.